The molecule has 2 N–H and O–H groups in total. The van der Waals surface area contributed by atoms with Crippen molar-refractivity contribution in [2.24, 2.45) is 5.92 Å². The quantitative estimate of drug-likeness (QED) is 0.579. The summed E-state index contributed by atoms with van der Waals surface area (Å²) in [7, 11) is 0. The van der Waals surface area contributed by atoms with E-state index in [2.05, 4.69) is 20.3 Å². The van der Waals surface area contributed by atoms with Crippen LogP contribution >= 0.6 is 0 Å². The molecule has 2 aromatic heterocycles. The van der Waals surface area contributed by atoms with Gasteiger partial charge < -0.3 is 25.0 Å². The van der Waals surface area contributed by atoms with Gasteiger partial charge in [0.05, 0.1) is 30.8 Å². The summed E-state index contributed by atoms with van der Waals surface area (Å²) in [5.41, 5.74) is 3.90. The molecule has 2 atom stereocenters. The Morgan fingerprint density at radius 2 is 2.09 bits per heavy atom. The van der Waals surface area contributed by atoms with Crippen LogP contribution in [0.2, 0.25) is 0 Å². The van der Waals surface area contributed by atoms with Crippen LogP contribution in [-0.2, 0) is 11.3 Å². The second kappa shape index (κ2) is 8.94. The summed E-state index contributed by atoms with van der Waals surface area (Å²) in [6.07, 6.45) is 7.76. The minimum Gasteiger partial charge on any atom is -0.396 e. The maximum Gasteiger partial charge on any atom is 0.261 e. The molecule has 10 nitrogen and oxygen atoms in total. The van der Waals surface area contributed by atoms with Gasteiger partial charge in [-0.05, 0) is 36.6 Å². The minimum atomic E-state index is -0.300. The van der Waals surface area contributed by atoms with E-state index in [1.807, 2.05) is 17.0 Å². The molecule has 3 aliphatic rings. The molecule has 2 aliphatic heterocycles. The first-order valence-electron chi connectivity index (χ1n) is 12.1. The molecule has 2 fully saturated rings. The number of ether oxygens (including phenoxy) is 1. The Morgan fingerprint density at radius 3 is 2.91 bits per heavy atom. The van der Waals surface area contributed by atoms with E-state index in [0.717, 1.165) is 30.5 Å². The monoisotopic (exact) mass is 476 g/mol. The van der Waals surface area contributed by atoms with Crippen molar-refractivity contribution in [3.05, 3.63) is 53.5 Å². The Balaban J connectivity index is 1.35. The number of benzene rings is 1. The largest absolute Gasteiger partial charge is 0.396 e. The van der Waals surface area contributed by atoms with Crippen molar-refractivity contribution in [3.8, 4) is 0 Å². The predicted octanol–water partition coefficient (Wildman–Crippen LogP) is 1.93. The zero-order valence-electron chi connectivity index (χ0n) is 19.4. The molecule has 35 heavy (non-hydrogen) atoms. The van der Waals surface area contributed by atoms with Crippen molar-refractivity contribution in [1.29, 1.82) is 0 Å². The molecule has 1 aromatic carbocycles. The SMILES string of the molecule is O=C(Nc1cc2c(cc1N1CCOCC1)C(=O)N([C@@H]1CCC[C@H]1CO)C2)c1cnn2cccnc12. The molecule has 0 spiro atoms. The van der Waals surface area contributed by atoms with Gasteiger partial charge in [0.25, 0.3) is 11.8 Å². The van der Waals surface area contributed by atoms with Gasteiger partial charge in [-0.3, -0.25) is 9.59 Å². The van der Waals surface area contributed by atoms with E-state index in [9.17, 15) is 14.7 Å². The predicted molar refractivity (Wildman–Crippen MR) is 129 cm³/mol. The van der Waals surface area contributed by atoms with Gasteiger partial charge in [-0.2, -0.15) is 5.10 Å². The van der Waals surface area contributed by atoms with Crippen molar-refractivity contribution in [2.45, 2.75) is 31.8 Å². The molecule has 1 saturated carbocycles. The fourth-order valence-corrected chi connectivity index (χ4v) is 5.62. The standard InChI is InChI=1S/C25H28N6O4/c32-15-16-3-1-4-21(16)30-14-17-11-20(22(12-18(17)25(30)34)29-7-9-35-10-8-29)28-24(33)19-13-27-31-6-2-5-26-23(19)31/h2,5-6,11-13,16,21,32H,1,3-4,7-10,14-15H2,(H,28,33)/t16-,21+/m0/s1. The summed E-state index contributed by atoms with van der Waals surface area (Å²) in [5.74, 6) is -0.177. The number of hydrogen-bond donors (Lipinski definition) is 2. The first-order valence-corrected chi connectivity index (χ1v) is 12.1. The molecule has 3 aromatic rings. The number of aromatic nitrogens is 3. The molecule has 0 unspecified atom stereocenters. The van der Waals surface area contributed by atoms with Crippen molar-refractivity contribution < 1.29 is 19.4 Å². The average Bonchev–Trinajstić information content (AvgIpc) is 3.61. The molecule has 1 aliphatic carbocycles. The van der Waals surface area contributed by atoms with Gasteiger partial charge in [-0.25, -0.2) is 9.50 Å². The highest BCUT2D eigenvalue weighted by Gasteiger charge is 2.39. The molecule has 2 amide bonds. The maximum atomic E-state index is 13.4. The second-order valence-electron chi connectivity index (χ2n) is 9.40. The van der Waals surface area contributed by atoms with Crippen molar-refractivity contribution in [2.75, 3.05) is 43.1 Å². The van der Waals surface area contributed by atoms with Crippen LogP contribution in [0.3, 0.4) is 0 Å². The lowest BCUT2D eigenvalue weighted by Gasteiger charge is -2.31. The van der Waals surface area contributed by atoms with E-state index in [-0.39, 0.29) is 30.4 Å². The van der Waals surface area contributed by atoms with Crippen LogP contribution < -0.4 is 10.2 Å². The lowest BCUT2D eigenvalue weighted by molar-refractivity contribution is 0.0612. The number of hydrogen-bond acceptors (Lipinski definition) is 7. The van der Waals surface area contributed by atoms with Crippen LogP contribution in [0, 0.1) is 5.92 Å². The summed E-state index contributed by atoms with van der Waals surface area (Å²) in [6, 6.07) is 5.65. The summed E-state index contributed by atoms with van der Waals surface area (Å²) in [4.78, 5) is 35.1. The van der Waals surface area contributed by atoms with Crippen LogP contribution in [0.1, 0.15) is 45.5 Å². The Bertz CT molecular complexity index is 1280. The normalized spacial score (nSPS) is 22.1. The Hall–Kier alpha value is -3.50. The van der Waals surface area contributed by atoms with Gasteiger partial charge in [0, 0.05) is 56.2 Å². The van der Waals surface area contributed by atoms with Crippen LogP contribution in [0.15, 0.2) is 36.8 Å². The molecule has 0 radical (unpaired) electrons. The van der Waals surface area contributed by atoms with Crippen molar-refractivity contribution in [1.82, 2.24) is 19.5 Å². The second-order valence-corrected chi connectivity index (χ2v) is 9.40. The zero-order chi connectivity index (χ0) is 23.9. The first kappa shape index (κ1) is 22.0. The maximum absolute atomic E-state index is 13.4. The van der Waals surface area contributed by atoms with E-state index in [0.29, 0.717) is 55.3 Å². The van der Waals surface area contributed by atoms with E-state index >= 15 is 0 Å². The van der Waals surface area contributed by atoms with E-state index in [1.54, 1.807) is 23.0 Å². The molecule has 182 valence electrons. The molecule has 6 rings (SSSR count). The summed E-state index contributed by atoms with van der Waals surface area (Å²) >= 11 is 0. The van der Waals surface area contributed by atoms with E-state index in [4.69, 9.17) is 4.74 Å². The number of rotatable bonds is 5. The highest BCUT2D eigenvalue weighted by atomic mass is 16.5. The third-order valence-electron chi connectivity index (χ3n) is 7.43. The number of anilines is 2. The average molecular weight is 477 g/mol. The number of nitrogens with one attached hydrogen (secondary N) is 1. The minimum absolute atomic E-state index is 0.00423. The van der Waals surface area contributed by atoms with E-state index in [1.165, 1.54) is 6.20 Å². The number of morpholine rings is 1. The molecule has 4 heterocycles. The van der Waals surface area contributed by atoms with Crippen molar-refractivity contribution in [3.63, 3.8) is 0 Å². The van der Waals surface area contributed by atoms with Gasteiger partial charge in [0.2, 0.25) is 0 Å². The van der Waals surface area contributed by atoms with Gasteiger partial charge in [0.1, 0.15) is 5.56 Å². The smallest absolute Gasteiger partial charge is 0.261 e. The topological polar surface area (TPSA) is 112 Å². The number of aliphatic hydroxyl groups is 1. The Morgan fingerprint density at radius 1 is 1.23 bits per heavy atom. The number of carbonyl (C=O) groups excluding carboxylic acids is 2. The molecular formula is C25H28N6O4. The number of carbonyl (C=O) groups is 2. The number of amides is 2. The van der Waals surface area contributed by atoms with Gasteiger partial charge in [-0.15, -0.1) is 0 Å². The fraction of sp³-hybridized carbons (Fsp3) is 0.440. The van der Waals surface area contributed by atoms with Crippen LogP contribution in [0.25, 0.3) is 5.65 Å². The van der Waals surface area contributed by atoms with Crippen LogP contribution in [0.5, 0.6) is 0 Å². The van der Waals surface area contributed by atoms with Crippen LogP contribution in [-0.4, -0.2) is 75.4 Å². The van der Waals surface area contributed by atoms with Gasteiger partial charge in [0.15, 0.2) is 5.65 Å². The molecule has 10 heteroatoms. The van der Waals surface area contributed by atoms with Crippen molar-refractivity contribution >= 4 is 28.8 Å². The zero-order valence-corrected chi connectivity index (χ0v) is 19.4. The molecule has 1 saturated heterocycles. The molecular weight excluding hydrogens is 448 g/mol. The first-order chi connectivity index (χ1) is 17.1. The lowest BCUT2D eigenvalue weighted by Crippen LogP contribution is -2.39. The third-order valence-corrected chi connectivity index (χ3v) is 7.43. The lowest BCUT2D eigenvalue weighted by atomic mass is 10.0. The fourth-order valence-electron chi connectivity index (χ4n) is 5.62. The summed E-state index contributed by atoms with van der Waals surface area (Å²) in [5, 5.41) is 17.1. The van der Waals surface area contributed by atoms with Crippen LogP contribution in [0.4, 0.5) is 11.4 Å². The van der Waals surface area contributed by atoms with Gasteiger partial charge in [-0.1, -0.05) is 6.42 Å². The highest BCUT2D eigenvalue weighted by Crippen LogP contribution is 2.39. The number of aliphatic hydroxyl groups excluding tert-OH is 1. The Labute approximate surface area is 202 Å². The van der Waals surface area contributed by atoms with E-state index < -0.39 is 0 Å². The summed E-state index contributed by atoms with van der Waals surface area (Å²) in [6.45, 7) is 3.10. The summed E-state index contributed by atoms with van der Waals surface area (Å²) < 4.78 is 7.09. The Kier molecular flexibility index (Phi) is 5.62. The number of nitrogens with zero attached hydrogens (tertiary/aromatic N) is 5. The highest BCUT2D eigenvalue weighted by molar-refractivity contribution is 6.10. The van der Waals surface area contributed by atoms with Gasteiger partial charge >= 0.3 is 0 Å². The number of fused-ring (bicyclic) bond motifs is 2. The third kappa shape index (κ3) is 3.82. The molecule has 0 bridgehead atoms.